The molecule has 0 saturated carbocycles. The molecule has 1 heterocycles. The van der Waals surface area contributed by atoms with Crippen LogP contribution in [0.4, 0.5) is 17.3 Å². The highest BCUT2D eigenvalue weighted by atomic mass is 79.9. The standard InChI is InChI=1S/C18H15BrN4O/c1-12-6-2-4-8-14(12)22-18-20-11-10-16(23-18)17(24)21-15-9-5-3-7-13(15)19/h2-11H,1H3,(H,21,24)(H,20,22,23). The molecule has 0 spiro atoms. The van der Waals surface area contributed by atoms with Crippen LogP contribution in [0.15, 0.2) is 65.3 Å². The summed E-state index contributed by atoms with van der Waals surface area (Å²) >= 11 is 3.40. The molecule has 120 valence electrons. The van der Waals surface area contributed by atoms with Crippen LogP contribution in [0.5, 0.6) is 0 Å². The Balaban J connectivity index is 1.79. The average molecular weight is 383 g/mol. The predicted molar refractivity (Wildman–Crippen MR) is 98.6 cm³/mol. The number of aromatic nitrogens is 2. The number of para-hydroxylation sites is 2. The smallest absolute Gasteiger partial charge is 0.274 e. The van der Waals surface area contributed by atoms with Crippen molar-refractivity contribution in [2.45, 2.75) is 6.92 Å². The van der Waals surface area contributed by atoms with E-state index in [1.54, 1.807) is 12.3 Å². The first kappa shape index (κ1) is 16.1. The van der Waals surface area contributed by atoms with Crippen molar-refractivity contribution in [1.82, 2.24) is 9.97 Å². The lowest BCUT2D eigenvalue weighted by Gasteiger charge is -2.09. The molecule has 1 amide bonds. The van der Waals surface area contributed by atoms with Gasteiger partial charge in [-0.1, -0.05) is 30.3 Å². The minimum Gasteiger partial charge on any atom is -0.324 e. The minimum atomic E-state index is -0.294. The van der Waals surface area contributed by atoms with Crippen LogP contribution in [-0.4, -0.2) is 15.9 Å². The van der Waals surface area contributed by atoms with Crippen LogP contribution >= 0.6 is 15.9 Å². The van der Waals surface area contributed by atoms with Crippen molar-refractivity contribution in [1.29, 1.82) is 0 Å². The summed E-state index contributed by atoms with van der Waals surface area (Å²) in [5, 5.41) is 5.96. The Hall–Kier alpha value is -2.73. The second-order valence-electron chi connectivity index (χ2n) is 5.14. The van der Waals surface area contributed by atoms with Gasteiger partial charge in [0.1, 0.15) is 5.69 Å². The van der Waals surface area contributed by atoms with Crippen LogP contribution in [0.1, 0.15) is 16.1 Å². The molecule has 24 heavy (non-hydrogen) atoms. The lowest BCUT2D eigenvalue weighted by Crippen LogP contribution is -2.15. The molecule has 0 fully saturated rings. The number of aryl methyl sites for hydroxylation is 1. The Morgan fingerprint density at radius 3 is 2.46 bits per heavy atom. The second-order valence-corrected chi connectivity index (χ2v) is 5.99. The van der Waals surface area contributed by atoms with E-state index in [1.165, 1.54) is 0 Å². The highest BCUT2D eigenvalue weighted by Crippen LogP contribution is 2.22. The molecule has 0 aliphatic carbocycles. The molecular weight excluding hydrogens is 368 g/mol. The zero-order valence-corrected chi connectivity index (χ0v) is 14.5. The van der Waals surface area contributed by atoms with Crippen molar-refractivity contribution in [2.24, 2.45) is 0 Å². The quantitative estimate of drug-likeness (QED) is 0.694. The van der Waals surface area contributed by atoms with E-state index in [0.29, 0.717) is 11.6 Å². The fourth-order valence-corrected chi connectivity index (χ4v) is 2.51. The van der Waals surface area contributed by atoms with Gasteiger partial charge < -0.3 is 10.6 Å². The minimum absolute atomic E-state index is 0.289. The maximum atomic E-state index is 12.4. The molecule has 3 rings (SSSR count). The number of halogens is 1. The van der Waals surface area contributed by atoms with Crippen molar-refractivity contribution in [3.63, 3.8) is 0 Å². The van der Waals surface area contributed by atoms with Gasteiger partial charge in [0.2, 0.25) is 5.95 Å². The van der Waals surface area contributed by atoms with E-state index in [1.807, 2.05) is 55.5 Å². The summed E-state index contributed by atoms with van der Waals surface area (Å²) in [7, 11) is 0. The molecule has 0 aliphatic heterocycles. The van der Waals surface area contributed by atoms with Crippen LogP contribution in [0.25, 0.3) is 0 Å². The first-order valence-electron chi connectivity index (χ1n) is 7.35. The first-order chi connectivity index (χ1) is 11.6. The maximum Gasteiger partial charge on any atom is 0.274 e. The molecule has 0 bridgehead atoms. The van der Waals surface area contributed by atoms with Gasteiger partial charge in [0, 0.05) is 16.4 Å². The zero-order valence-electron chi connectivity index (χ0n) is 13.0. The van der Waals surface area contributed by atoms with Gasteiger partial charge >= 0.3 is 0 Å². The monoisotopic (exact) mass is 382 g/mol. The summed E-state index contributed by atoms with van der Waals surface area (Å²) in [5.74, 6) is 0.0845. The normalized spacial score (nSPS) is 10.2. The van der Waals surface area contributed by atoms with Gasteiger partial charge in [-0.3, -0.25) is 4.79 Å². The number of carbonyl (C=O) groups excluding carboxylic acids is 1. The summed E-state index contributed by atoms with van der Waals surface area (Å²) in [6.45, 7) is 1.99. The van der Waals surface area contributed by atoms with E-state index in [-0.39, 0.29) is 11.6 Å². The number of hydrogen-bond donors (Lipinski definition) is 2. The molecule has 0 unspecified atom stereocenters. The lowest BCUT2D eigenvalue weighted by molar-refractivity contribution is 0.102. The van der Waals surface area contributed by atoms with E-state index >= 15 is 0 Å². The van der Waals surface area contributed by atoms with Crippen molar-refractivity contribution in [2.75, 3.05) is 10.6 Å². The maximum absolute atomic E-state index is 12.4. The number of nitrogens with zero attached hydrogens (tertiary/aromatic N) is 2. The van der Waals surface area contributed by atoms with Gasteiger partial charge in [0.25, 0.3) is 5.91 Å². The number of nitrogens with one attached hydrogen (secondary N) is 2. The van der Waals surface area contributed by atoms with Crippen molar-refractivity contribution in [3.05, 3.63) is 76.5 Å². The molecule has 3 aromatic rings. The van der Waals surface area contributed by atoms with Crippen LogP contribution in [-0.2, 0) is 0 Å². The van der Waals surface area contributed by atoms with E-state index in [4.69, 9.17) is 0 Å². The van der Waals surface area contributed by atoms with Crippen LogP contribution in [0.2, 0.25) is 0 Å². The Bertz CT molecular complexity index is 882. The third-order valence-electron chi connectivity index (χ3n) is 3.40. The van der Waals surface area contributed by atoms with Gasteiger partial charge in [-0.15, -0.1) is 0 Å². The number of amides is 1. The molecule has 0 aliphatic rings. The van der Waals surface area contributed by atoms with Gasteiger partial charge in [-0.25, -0.2) is 9.97 Å². The van der Waals surface area contributed by atoms with Gasteiger partial charge in [-0.2, -0.15) is 0 Å². The topological polar surface area (TPSA) is 66.9 Å². The number of benzene rings is 2. The Kier molecular flexibility index (Phi) is 4.86. The zero-order chi connectivity index (χ0) is 16.9. The summed E-state index contributed by atoms with van der Waals surface area (Å²) in [6, 6.07) is 16.8. The van der Waals surface area contributed by atoms with Crippen LogP contribution in [0, 0.1) is 6.92 Å². The number of rotatable bonds is 4. The molecule has 5 nitrogen and oxygen atoms in total. The Morgan fingerprint density at radius 1 is 1.00 bits per heavy atom. The van der Waals surface area contributed by atoms with Crippen LogP contribution < -0.4 is 10.6 Å². The van der Waals surface area contributed by atoms with Gasteiger partial charge in [-0.05, 0) is 52.7 Å². The molecule has 0 atom stereocenters. The first-order valence-corrected chi connectivity index (χ1v) is 8.14. The van der Waals surface area contributed by atoms with Crippen molar-refractivity contribution in [3.8, 4) is 0 Å². The number of anilines is 3. The van der Waals surface area contributed by atoms with E-state index < -0.39 is 0 Å². The number of carbonyl (C=O) groups is 1. The molecule has 0 saturated heterocycles. The summed E-state index contributed by atoms with van der Waals surface area (Å²) < 4.78 is 0.811. The fourth-order valence-electron chi connectivity index (χ4n) is 2.13. The van der Waals surface area contributed by atoms with E-state index in [2.05, 4.69) is 36.5 Å². The Morgan fingerprint density at radius 2 is 1.71 bits per heavy atom. The second kappa shape index (κ2) is 7.23. The fraction of sp³-hybridized carbons (Fsp3) is 0.0556. The third-order valence-corrected chi connectivity index (χ3v) is 4.09. The summed E-state index contributed by atoms with van der Waals surface area (Å²) in [6.07, 6.45) is 1.56. The Labute approximate surface area is 148 Å². The predicted octanol–water partition coefficient (Wildman–Crippen LogP) is 4.54. The highest BCUT2D eigenvalue weighted by molar-refractivity contribution is 9.10. The average Bonchev–Trinajstić information content (AvgIpc) is 2.59. The highest BCUT2D eigenvalue weighted by Gasteiger charge is 2.11. The van der Waals surface area contributed by atoms with Gasteiger partial charge in [0.15, 0.2) is 0 Å². The van der Waals surface area contributed by atoms with Gasteiger partial charge in [0.05, 0.1) is 5.69 Å². The molecule has 6 heteroatoms. The van der Waals surface area contributed by atoms with Crippen LogP contribution in [0.3, 0.4) is 0 Å². The lowest BCUT2D eigenvalue weighted by atomic mass is 10.2. The molecule has 1 aromatic heterocycles. The van der Waals surface area contributed by atoms with Crippen molar-refractivity contribution >= 4 is 39.2 Å². The van der Waals surface area contributed by atoms with E-state index in [9.17, 15) is 4.79 Å². The molecule has 0 radical (unpaired) electrons. The molecular formula is C18H15BrN4O. The third kappa shape index (κ3) is 3.78. The number of hydrogen-bond acceptors (Lipinski definition) is 4. The summed E-state index contributed by atoms with van der Waals surface area (Å²) in [4.78, 5) is 20.8. The molecule has 2 N–H and O–H groups in total. The molecule has 2 aromatic carbocycles. The van der Waals surface area contributed by atoms with E-state index in [0.717, 1.165) is 15.7 Å². The summed E-state index contributed by atoms with van der Waals surface area (Å²) in [5.41, 5.74) is 2.95. The SMILES string of the molecule is Cc1ccccc1Nc1nccc(C(=O)Nc2ccccc2Br)n1. The largest absolute Gasteiger partial charge is 0.324 e. The van der Waals surface area contributed by atoms with Crippen molar-refractivity contribution < 1.29 is 4.79 Å².